The Morgan fingerprint density at radius 3 is 2.96 bits per heavy atom. The fourth-order valence-electron chi connectivity index (χ4n) is 4.08. The van der Waals surface area contributed by atoms with E-state index in [1.165, 1.54) is 24.5 Å². The molecule has 2 aromatic heterocycles. The minimum Gasteiger partial charge on any atom is -0.365 e. The first-order valence-electron chi connectivity index (χ1n) is 9.70. The first kappa shape index (κ1) is 17.1. The van der Waals surface area contributed by atoms with Gasteiger partial charge in [0.1, 0.15) is 17.8 Å². The highest BCUT2D eigenvalue weighted by Crippen LogP contribution is 2.36. The number of nitrogens with zero attached hydrogens (tertiary/aromatic N) is 3. The maximum atomic E-state index is 12.2. The highest BCUT2D eigenvalue weighted by Gasteiger charge is 2.30. The number of hydrogen-bond donors (Lipinski definition) is 2. The highest BCUT2D eigenvalue weighted by atomic mass is 16.2. The monoisotopic (exact) mass is 353 g/mol. The molecule has 1 amide bonds. The number of H-pyrrole nitrogens is 1. The number of aromatic nitrogens is 3. The minimum atomic E-state index is 0.0206. The summed E-state index contributed by atoms with van der Waals surface area (Å²) < 4.78 is 0. The SMILES string of the molecule is C=CC(=O)N1C[C@@H](Nc2ncnc3[nH]cc(CC4CC4)c23)CC[C@H]1CC. The van der Waals surface area contributed by atoms with Crippen molar-refractivity contribution in [2.24, 2.45) is 5.92 Å². The first-order chi connectivity index (χ1) is 12.7. The minimum absolute atomic E-state index is 0.0206. The quantitative estimate of drug-likeness (QED) is 0.782. The lowest BCUT2D eigenvalue weighted by Crippen LogP contribution is -2.50. The fraction of sp³-hybridized carbons (Fsp3) is 0.550. The molecule has 0 aromatic carbocycles. The van der Waals surface area contributed by atoms with Crippen LogP contribution in [0.3, 0.4) is 0 Å². The molecule has 1 aliphatic carbocycles. The second kappa shape index (κ2) is 7.09. The summed E-state index contributed by atoms with van der Waals surface area (Å²) in [7, 11) is 0. The summed E-state index contributed by atoms with van der Waals surface area (Å²) in [5, 5.41) is 4.71. The number of carbonyl (C=O) groups excluding carboxylic acids is 1. The van der Waals surface area contributed by atoms with Crippen molar-refractivity contribution in [1.82, 2.24) is 19.9 Å². The summed E-state index contributed by atoms with van der Waals surface area (Å²) in [6.07, 6.45) is 11.9. The van der Waals surface area contributed by atoms with Gasteiger partial charge in [0.05, 0.1) is 5.39 Å². The molecular formula is C20H27N5O. The Morgan fingerprint density at radius 1 is 1.38 bits per heavy atom. The lowest BCUT2D eigenvalue weighted by atomic mass is 9.96. The molecule has 2 N–H and O–H groups in total. The molecule has 2 atom stereocenters. The van der Waals surface area contributed by atoms with Gasteiger partial charge in [-0.05, 0) is 56.1 Å². The van der Waals surface area contributed by atoms with E-state index in [2.05, 4.69) is 40.0 Å². The molecule has 1 saturated heterocycles. The third-order valence-corrected chi connectivity index (χ3v) is 5.73. The van der Waals surface area contributed by atoms with Gasteiger partial charge in [-0.3, -0.25) is 4.79 Å². The molecule has 0 unspecified atom stereocenters. The van der Waals surface area contributed by atoms with Gasteiger partial charge >= 0.3 is 0 Å². The van der Waals surface area contributed by atoms with Crippen LogP contribution in [-0.2, 0) is 11.2 Å². The van der Waals surface area contributed by atoms with Gasteiger partial charge in [0.15, 0.2) is 0 Å². The van der Waals surface area contributed by atoms with Crippen molar-refractivity contribution >= 4 is 22.8 Å². The summed E-state index contributed by atoms with van der Waals surface area (Å²) >= 11 is 0. The Hall–Kier alpha value is -2.37. The van der Waals surface area contributed by atoms with E-state index in [0.717, 1.165) is 48.5 Å². The molecule has 4 rings (SSSR count). The zero-order valence-corrected chi connectivity index (χ0v) is 15.4. The molecule has 0 spiro atoms. The molecule has 138 valence electrons. The first-order valence-corrected chi connectivity index (χ1v) is 9.70. The van der Waals surface area contributed by atoms with Crippen LogP contribution in [0.4, 0.5) is 5.82 Å². The molecule has 0 radical (unpaired) electrons. The molecule has 26 heavy (non-hydrogen) atoms. The van der Waals surface area contributed by atoms with Crippen LogP contribution in [0.15, 0.2) is 25.2 Å². The van der Waals surface area contributed by atoms with Crippen molar-refractivity contribution in [3.05, 3.63) is 30.7 Å². The molecule has 1 saturated carbocycles. The number of anilines is 1. The Balaban J connectivity index is 1.55. The summed E-state index contributed by atoms with van der Waals surface area (Å²) in [6, 6.07) is 0.505. The van der Waals surface area contributed by atoms with Crippen molar-refractivity contribution in [3.8, 4) is 0 Å². The third kappa shape index (κ3) is 3.32. The Bertz CT molecular complexity index is 810. The number of piperidine rings is 1. The maximum absolute atomic E-state index is 12.2. The lowest BCUT2D eigenvalue weighted by molar-refractivity contribution is -0.129. The van der Waals surface area contributed by atoms with Gasteiger partial charge in [0.25, 0.3) is 0 Å². The lowest BCUT2D eigenvalue weighted by Gasteiger charge is -2.39. The van der Waals surface area contributed by atoms with E-state index in [-0.39, 0.29) is 11.9 Å². The number of hydrogen-bond acceptors (Lipinski definition) is 4. The van der Waals surface area contributed by atoms with Crippen molar-refractivity contribution in [2.75, 3.05) is 11.9 Å². The maximum Gasteiger partial charge on any atom is 0.246 e. The Labute approximate surface area is 154 Å². The topological polar surface area (TPSA) is 73.9 Å². The van der Waals surface area contributed by atoms with Crippen LogP contribution < -0.4 is 5.32 Å². The fourth-order valence-corrected chi connectivity index (χ4v) is 4.08. The van der Waals surface area contributed by atoms with Crippen LogP contribution in [0.2, 0.25) is 0 Å². The van der Waals surface area contributed by atoms with E-state index in [0.29, 0.717) is 12.6 Å². The Kier molecular flexibility index (Phi) is 4.66. The normalized spacial score (nSPS) is 23.2. The molecule has 2 aromatic rings. The number of rotatable bonds is 6. The summed E-state index contributed by atoms with van der Waals surface area (Å²) in [6.45, 7) is 6.49. The van der Waals surface area contributed by atoms with Crippen LogP contribution >= 0.6 is 0 Å². The highest BCUT2D eigenvalue weighted by molar-refractivity contribution is 5.90. The van der Waals surface area contributed by atoms with Crippen molar-refractivity contribution < 1.29 is 4.79 Å². The van der Waals surface area contributed by atoms with Gasteiger partial charge in [0.2, 0.25) is 5.91 Å². The number of aromatic amines is 1. The molecule has 6 heteroatoms. The zero-order chi connectivity index (χ0) is 18.1. The number of likely N-dealkylation sites (tertiary alicyclic amines) is 1. The standard InChI is InChI=1S/C20H27N5O/c1-3-16-8-7-15(11-25(16)17(26)4-2)24-20-18-14(9-13-5-6-13)10-21-19(18)22-12-23-20/h4,10,12-13,15-16H,2-3,5-9,11H2,1H3,(H2,21,22,23,24)/t15-,16+/m0/s1. The Morgan fingerprint density at radius 2 is 2.23 bits per heavy atom. The van der Waals surface area contributed by atoms with Gasteiger partial charge < -0.3 is 15.2 Å². The average molecular weight is 353 g/mol. The molecule has 1 aliphatic heterocycles. The van der Waals surface area contributed by atoms with Crippen LogP contribution in [0, 0.1) is 5.92 Å². The average Bonchev–Trinajstić information content (AvgIpc) is 3.39. The molecular weight excluding hydrogens is 326 g/mol. The van der Waals surface area contributed by atoms with E-state index in [1.807, 2.05) is 4.90 Å². The molecule has 3 heterocycles. The number of nitrogens with one attached hydrogen (secondary N) is 2. The zero-order valence-electron chi connectivity index (χ0n) is 15.4. The number of amides is 1. The predicted molar refractivity (Wildman–Crippen MR) is 103 cm³/mol. The van der Waals surface area contributed by atoms with Gasteiger partial charge in [0, 0.05) is 24.8 Å². The summed E-state index contributed by atoms with van der Waals surface area (Å²) in [5.74, 6) is 1.72. The number of fused-ring (bicyclic) bond motifs is 1. The second-order valence-electron chi connectivity index (χ2n) is 7.58. The van der Waals surface area contributed by atoms with Gasteiger partial charge in [-0.1, -0.05) is 13.5 Å². The molecule has 6 nitrogen and oxygen atoms in total. The van der Waals surface area contributed by atoms with Crippen LogP contribution in [0.1, 0.15) is 44.6 Å². The largest absolute Gasteiger partial charge is 0.365 e. The molecule has 2 aliphatic rings. The van der Waals surface area contributed by atoms with E-state index >= 15 is 0 Å². The van der Waals surface area contributed by atoms with Crippen molar-refractivity contribution in [2.45, 2.75) is 57.5 Å². The van der Waals surface area contributed by atoms with E-state index in [9.17, 15) is 4.79 Å². The van der Waals surface area contributed by atoms with Crippen molar-refractivity contribution in [1.29, 1.82) is 0 Å². The van der Waals surface area contributed by atoms with Gasteiger partial charge in [-0.2, -0.15) is 0 Å². The summed E-state index contributed by atoms with van der Waals surface area (Å²) in [4.78, 5) is 26.4. The smallest absolute Gasteiger partial charge is 0.246 e. The number of carbonyl (C=O) groups is 1. The predicted octanol–water partition coefficient (Wildman–Crippen LogP) is 3.28. The third-order valence-electron chi connectivity index (χ3n) is 5.73. The van der Waals surface area contributed by atoms with E-state index in [1.54, 1.807) is 6.33 Å². The van der Waals surface area contributed by atoms with Crippen LogP contribution in [0.25, 0.3) is 11.0 Å². The molecule has 2 fully saturated rings. The van der Waals surface area contributed by atoms with Crippen LogP contribution in [0.5, 0.6) is 0 Å². The van der Waals surface area contributed by atoms with E-state index < -0.39 is 0 Å². The van der Waals surface area contributed by atoms with E-state index in [4.69, 9.17) is 0 Å². The molecule has 0 bridgehead atoms. The van der Waals surface area contributed by atoms with Crippen molar-refractivity contribution in [3.63, 3.8) is 0 Å². The van der Waals surface area contributed by atoms with Gasteiger partial charge in [-0.15, -0.1) is 0 Å². The second-order valence-corrected chi connectivity index (χ2v) is 7.58. The summed E-state index contributed by atoms with van der Waals surface area (Å²) in [5.41, 5.74) is 2.19. The van der Waals surface area contributed by atoms with Gasteiger partial charge in [-0.25, -0.2) is 9.97 Å². The van der Waals surface area contributed by atoms with Crippen LogP contribution in [-0.4, -0.2) is 44.4 Å².